The molecule has 0 spiro atoms. The summed E-state index contributed by atoms with van der Waals surface area (Å²) in [7, 11) is 1.74. The second-order valence-corrected chi connectivity index (χ2v) is 4.14. The number of amides is 1. The van der Waals surface area contributed by atoms with E-state index in [0.717, 1.165) is 23.5 Å². The van der Waals surface area contributed by atoms with Gasteiger partial charge in [-0.2, -0.15) is 0 Å². The fourth-order valence-electron chi connectivity index (χ4n) is 1.74. The highest BCUT2D eigenvalue weighted by atomic mass is 16.5. The Morgan fingerprint density at radius 2 is 2.06 bits per heavy atom. The zero-order valence-corrected chi connectivity index (χ0v) is 10.5. The minimum absolute atomic E-state index is 0.0235. The van der Waals surface area contributed by atoms with Gasteiger partial charge in [-0.25, -0.2) is 0 Å². The molecule has 1 amide bonds. The minimum atomic E-state index is -0.0235. The molecule has 0 aromatic heterocycles. The van der Waals surface area contributed by atoms with E-state index in [1.54, 1.807) is 7.05 Å². The van der Waals surface area contributed by atoms with Crippen LogP contribution in [0.15, 0.2) is 18.2 Å². The number of benzene rings is 1. The van der Waals surface area contributed by atoms with E-state index in [0.29, 0.717) is 26.3 Å². The van der Waals surface area contributed by atoms with Crippen LogP contribution in [0.2, 0.25) is 0 Å². The SMILES string of the molecule is CNCC(=O)NCc1ccc2c(c1)OCCCO2. The lowest BCUT2D eigenvalue weighted by molar-refractivity contribution is -0.120. The largest absolute Gasteiger partial charge is 0.490 e. The van der Waals surface area contributed by atoms with Crippen molar-refractivity contribution < 1.29 is 14.3 Å². The molecule has 0 saturated heterocycles. The van der Waals surface area contributed by atoms with Crippen molar-refractivity contribution in [2.24, 2.45) is 0 Å². The quantitative estimate of drug-likeness (QED) is 0.825. The summed E-state index contributed by atoms with van der Waals surface area (Å²) in [6.45, 7) is 2.18. The van der Waals surface area contributed by atoms with Crippen LogP contribution in [0.3, 0.4) is 0 Å². The number of ether oxygens (including phenoxy) is 2. The second kappa shape index (κ2) is 6.26. The molecule has 1 aliphatic rings. The van der Waals surface area contributed by atoms with Gasteiger partial charge in [-0.15, -0.1) is 0 Å². The molecular weight excluding hydrogens is 232 g/mol. The average Bonchev–Trinajstić information content (AvgIpc) is 2.61. The van der Waals surface area contributed by atoms with Gasteiger partial charge in [0.05, 0.1) is 19.8 Å². The molecule has 0 saturated carbocycles. The van der Waals surface area contributed by atoms with Crippen molar-refractivity contribution in [1.82, 2.24) is 10.6 Å². The summed E-state index contributed by atoms with van der Waals surface area (Å²) in [4.78, 5) is 11.3. The minimum Gasteiger partial charge on any atom is -0.490 e. The van der Waals surface area contributed by atoms with Crippen molar-refractivity contribution in [3.8, 4) is 11.5 Å². The molecule has 1 aromatic rings. The molecule has 98 valence electrons. The smallest absolute Gasteiger partial charge is 0.234 e. The first-order chi connectivity index (χ1) is 8.79. The normalized spacial score (nSPS) is 13.8. The lowest BCUT2D eigenvalue weighted by Crippen LogP contribution is -2.31. The highest BCUT2D eigenvalue weighted by molar-refractivity contribution is 5.77. The van der Waals surface area contributed by atoms with Crippen LogP contribution in [0.1, 0.15) is 12.0 Å². The maximum atomic E-state index is 11.3. The van der Waals surface area contributed by atoms with E-state index >= 15 is 0 Å². The van der Waals surface area contributed by atoms with Crippen LogP contribution >= 0.6 is 0 Å². The number of hydrogen-bond acceptors (Lipinski definition) is 4. The molecular formula is C13H18N2O3. The van der Waals surface area contributed by atoms with E-state index in [1.807, 2.05) is 18.2 Å². The summed E-state index contributed by atoms with van der Waals surface area (Å²) in [5, 5.41) is 5.63. The molecule has 0 bridgehead atoms. The van der Waals surface area contributed by atoms with Crippen LogP contribution in [0.25, 0.3) is 0 Å². The van der Waals surface area contributed by atoms with Crippen molar-refractivity contribution >= 4 is 5.91 Å². The summed E-state index contributed by atoms with van der Waals surface area (Å²) in [6.07, 6.45) is 0.892. The van der Waals surface area contributed by atoms with Crippen LogP contribution < -0.4 is 20.1 Å². The monoisotopic (exact) mass is 250 g/mol. The van der Waals surface area contributed by atoms with E-state index in [4.69, 9.17) is 9.47 Å². The van der Waals surface area contributed by atoms with Crippen molar-refractivity contribution in [2.45, 2.75) is 13.0 Å². The first-order valence-electron chi connectivity index (χ1n) is 6.09. The van der Waals surface area contributed by atoms with Gasteiger partial charge in [0.2, 0.25) is 5.91 Å². The van der Waals surface area contributed by atoms with Crippen molar-refractivity contribution in [3.05, 3.63) is 23.8 Å². The van der Waals surface area contributed by atoms with E-state index < -0.39 is 0 Å². The third-order valence-corrected chi connectivity index (χ3v) is 2.64. The van der Waals surface area contributed by atoms with Crippen LogP contribution in [-0.2, 0) is 11.3 Å². The number of fused-ring (bicyclic) bond motifs is 1. The summed E-state index contributed by atoms with van der Waals surface area (Å²) >= 11 is 0. The van der Waals surface area contributed by atoms with Crippen LogP contribution in [0.5, 0.6) is 11.5 Å². The molecule has 0 fully saturated rings. The average molecular weight is 250 g/mol. The van der Waals surface area contributed by atoms with E-state index in [2.05, 4.69) is 10.6 Å². The summed E-state index contributed by atoms with van der Waals surface area (Å²) in [5.74, 6) is 1.51. The van der Waals surface area contributed by atoms with Crippen molar-refractivity contribution in [2.75, 3.05) is 26.8 Å². The van der Waals surface area contributed by atoms with Gasteiger partial charge < -0.3 is 20.1 Å². The van der Waals surface area contributed by atoms with Crippen molar-refractivity contribution in [3.63, 3.8) is 0 Å². The van der Waals surface area contributed by atoms with Gasteiger partial charge in [-0.1, -0.05) is 6.07 Å². The van der Waals surface area contributed by atoms with E-state index in [-0.39, 0.29) is 5.91 Å². The number of likely N-dealkylation sites (N-methyl/N-ethyl adjacent to an activating group) is 1. The van der Waals surface area contributed by atoms with Crippen molar-refractivity contribution in [1.29, 1.82) is 0 Å². The van der Waals surface area contributed by atoms with Crippen LogP contribution in [0.4, 0.5) is 0 Å². The lowest BCUT2D eigenvalue weighted by atomic mass is 10.2. The van der Waals surface area contributed by atoms with Gasteiger partial charge in [-0.3, -0.25) is 4.79 Å². The molecule has 2 N–H and O–H groups in total. The number of rotatable bonds is 4. The molecule has 1 aromatic carbocycles. The zero-order chi connectivity index (χ0) is 12.8. The predicted molar refractivity (Wildman–Crippen MR) is 67.8 cm³/mol. The molecule has 5 nitrogen and oxygen atoms in total. The predicted octanol–water partition coefficient (Wildman–Crippen LogP) is 0.683. The maximum absolute atomic E-state index is 11.3. The van der Waals surface area contributed by atoms with Crippen LogP contribution in [0, 0.1) is 0 Å². The Hall–Kier alpha value is -1.75. The van der Waals surface area contributed by atoms with Gasteiger partial charge in [0.15, 0.2) is 11.5 Å². The highest BCUT2D eigenvalue weighted by Gasteiger charge is 2.10. The van der Waals surface area contributed by atoms with Gasteiger partial charge >= 0.3 is 0 Å². The molecule has 0 unspecified atom stereocenters. The zero-order valence-electron chi connectivity index (χ0n) is 10.5. The van der Waals surface area contributed by atoms with Gasteiger partial charge in [-0.05, 0) is 24.7 Å². The maximum Gasteiger partial charge on any atom is 0.234 e. The first-order valence-corrected chi connectivity index (χ1v) is 6.09. The Bertz CT molecular complexity index is 421. The van der Waals surface area contributed by atoms with E-state index in [9.17, 15) is 4.79 Å². The molecule has 18 heavy (non-hydrogen) atoms. The first kappa shape index (κ1) is 12.7. The molecule has 0 atom stereocenters. The number of hydrogen-bond donors (Lipinski definition) is 2. The standard InChI is InChI=1S/C13H18N2O3/c1-14-9-13(16)15-8-10-3-4-11-12(7-10)18-6-2-5-17-11/h3-4,7,14H,2,5-6,8-9H2,1H3,(H,15,16). The number of nitrogens with one attached hydrogen (secondary N) is 2. The third-order valence-electron chi connectivity index (χ3n) is 2.64. The Labute approximate surface area is 106 Å². The highest BCUT2D eigenvalue weighted by Crippen LogP contribution is 2.30. The molecule has 1 aliphatic heterocycles. The van der Waals surface area contributed by atoms with Gasteiger partial charge in [0.1, 0.15) is 0 Å². The summed E-state index contributed by atoms with van der Waals surface area (Å²) < 4.78 is 11.1. The Morgan fingerprint density at radius 1 is 1.28 bits per heavy atom. The fourth-order valence-corrected chi connectivity index (χ4v) is 1.74. The Kier molecular flexibility index (Phi) is 4.41. The molecule has 2 rings (SSSR count). The second-order valence-electron chi connectivity index (χ2n) is 4.14. The number of carbonyl (C=O) groups is 1. The Balaban J connectivity index is 1.97. The lowest BCUT2D eigenvalue weighted by Gasteiger charge is -2.10. The van der Waals surface area contributed by atoms with Gasteiger partial charge in [0.25, 0.3) is 0 Å². The number of carbonyl (C=O) groups excluding carboxylic acids is 1. The third kappa shape index (κ3) is 3.37. The summed E-state index contributed by atoms with van der Waals surface area (Å²) in [6, 6.07) is 5.74. The molecule has 0 radical (unpaired) electrons. The molecule has 0 aliphatic carbocycles. The topological polar surface area (TPSA) is 59.6 Å². The van der Waals surface area contributed by atoms with E-state index in [1.165, 1.54) is 0 Å². The molecule has 1 heterocycles. The van der Waals surface area contributed by atoms with Gasteiger partial charge in [0, 0.05) is 13.0 Å². The summed E-state index contributed by atoms with van der Waals surface area (Å²) in [5.41, 5.74) is 1.00. The van der Waals surface area contributed by atoms with Crippen LogP contribution in [-0.4, -0.2) is 32.7 Å². The molecule has 5 heteroatoms. The fraction of sp³-hybridized carbons (Fsp3) is 0.462. The Morgan fingerprint density at radius 3 is 2.83 bits per heavy atom.